The molecule has 1 unspecified atom stereocenters. The van der Waals surface area contributed by atoms with Gasteiger partial charge < -0.3 is 10.4 Å². The lowest BCUT2D eigenvalue weighted by Crippen LogP contribution is -2.39. The fourth-order valence-corrected chi connectivity index (χ4v) is 3.35. The molecule has 0 radical (unpaired) electrons. The summed E-state index contributed by atoms with van der Waals surface area (Å²) in [5, 5.41) is 13.3. The van der Waals surface area contributed by atoms with Crippen molar-refractivity contribution in [2.24, 2.45) is 11.3 Å². The highest BCUT2D eigenvalue weighted by atomic mass is 16.3. The first-order chi connectivity index (χ1) is 9.50. The van der Waals surface area contributed by atoms with Gasteiger partial charge in [0.05, 0.1) is 12.6 Å². The molecular formula is C18H29NO. The molecule has 2 rings (SSSR count). The van der Waals surface area contributed by atoms with Gasteiger partial charge in [-0.1, -0.05) is 51.1 Å². The first-order valence-corrected chi connectivity index (χ1v) is 7.92. The fraction of sp³-hybridized carbons (Fsp3) is 0.667. The first-order valence-electron chi connectivity index (χ1n) is 7.92. The topological polar surface area (TPSA) is 32.3 Å². The monoisotopic (exact) mass is 275 g/mol. The maximum Gasteiger partial charge on any atom is 0.0626 e. The Labute approximate surface area is 123 Å². The second kappa shape index (κ2) is 6.73. The molecule has 2 nitrogen and oxygen atoms in total. The predicted octanol–water partition coefficient (Wildman–Crippen LogP) is 3.91. The van der Waals surface area contributed by atoms with Gasteiger partial charge in [0.2, 0.25) is 0 Å². The summed E-state index contributed by atoms with van der Waals surface area (Å²) in [6.45, 7) is 7.23. The van der Waals surface area contributed by atoms with Crippen LogP contribution in [0, 0.1) is 11.3 Å². The van der Waals surface area contributed by atoms with E-state index in [4.69, 9.17) is 0 Å². The van der Waals surface area contributed by atoms with Crippen LogP contribution in [0.4, 0.5) is 0 Å². The molecule has 1 aromatic carbocycles. The van der Waals surface area contributed by atoms with Crippen molar-refractivity contribution in [3.05, 3.63) is 35.9 Å². The van der Waals surface area contributed by atoms with Crippen molar-refractivity contribution in [3.8, 4) is 0 Å². The first kappa shape index (κ1) is 15.5. The molecule has 1 atom stereocenters. The number of benzene rings is 1. The third-order valence-corrected chi connectivity index (χ3v) is 4.77. The third kappa shape index (κ3) is 4.07. The van der Waals surface area contributed by atoms with Crippen molar-refractivity contribution in [1.29, 1.82) is 0 Å². The van der Waals surface area contributed by atoms with Crippen molar-refractivity contribution in [2.75, 3.05) is 6.61 Å². The van der Waals surface area contributed by atoms with Gasteiger partial charge in [0.25, 0.3) is 0 Å². The zero-order valence-electron chi connectivity index (χ0n) is 13.1. The minimum absolute atomic E-state index is 0.0763. The van der Waals surface area contributed by atoms with Crippen LogP contribution in [-0.2, 0) is 0 Å². The van der Waals surface area contributed by atoms with Crippen molar-refractivity contribution < 1.29 is 5.11 Å². The largest absolute Gasteiger partial charge is 0.394 e. The van der Waals surface area contributed by atoms with Crippen LogP contribution >= 0.6 is 0 Å². The van der Waals surface area contributed by atoms with Crippen molar-refractivity contribution in [2.45, 2.75) is 58.5 Å². The van der Waals surface area contributed by atoms with E-state index in [2.05, 4.69) is 38.2 Å². The molecule has 0 spiro atoms. The molecule has 1 aromatic rings. The molecule has 20 heavy (non-hydrogen) atoms. The molecule has 0 heterocycles. The number of hydrogen-bond acceptors (Lipinski definition) is 2. The second-order valence-corrected chi connectivity index (χ2v) is 7.23. The highest BCUT2D eigenvalue weighted by Gasteiger charge is 2.30. The van der Waals surface area contributed by atoms with E-state index in [1.54, 1.807) is 0 Å². The molecule has 1 saturated carbocycles. The summed E-state index contributed by atoms with van der Waals surface area (Å²) in [7, 11) is 0. The van der Waals surface area contributed by atoms with Crippen LogP contribution in [0.2, 0.25) is 0 Å². The van der Waals surface area contributed by atoms with Gasteiger partial charge in [-0.15, -0.1) is 0 Å². The van der Waals surface area contributed by atoms with Crippen LogP contribution in [0.3, 0.4) is 0 Å². The number of aliphatic hydroxyl groups excluding tert-OH is 1. The maximum absolute atomic E-state index is 9.63. The molecular weight excluding hydrogens is 246 g/mol. The second-order valence-electron chi connectivity index (χ2n) is 7.23. The maximum atomic E-state index is 9.63. The van der Waals surface area contributed by atoms with E-state index >= 15 is 0 Å². The van der Waals surface area contributed by atoms with E-state index in [-0.39, 0.29) is 12.6 Å². The summed E-state index contributed by atoms with van der Waals surface area (Å²) in [4.78, 5) is 0. The van der Waals surface area contributed by atoms with E-state index in [1.165, 1.54) is 31.2 Å². The molecule has 0 aliphatic heterocycles. The van der Waals surface area contributed by atoms with Crippen molar-refractivity contribution in [3.63, 3.8) is 0 Å². The number of rotatable bonds is 4. The van der Waals surface area contributed by atoms with Crippen LogP contribution in [-0.4, -0.2) is 17.8 Å². The van der Waals surface area contributed by atoms with Crippen LogP contribution in [0.25, 0.3) is 0 Å². The van der Waals surface area contributed by atoms with Crippen molar-refractivity contribution >= 4 is 0 Å². The van der Waals surface area contributed by atoms with E-state index in [0.29, 0.717) is 11.5 Å². The SMILES string of the molecule is CC(C)(C)C1CCC(NC(CO)c2ccccc2)CC1. The van der Waals surface area contributed by atoms with Gasteiger partial charge in [-0.2, -0.15) is 0 Å². The van der Waals surface area contributed by atoms with Crippen molar-refractivity contribution in [1.82, 2.24) is 5.32 Å². The minimum atomic E-state index is 0.0763. The van der Waals surface area contributed by atoms with Gasteiger partial charge >= 0.3 is 0 Å². The molecule has 1 fully saturated rings. The van der Waals surface area contributed by atoms with Gasteiger partial charge in [-0.05, 0) is 42.6 Å². The van der Waals surface area contributed by atoms with Gasteiger partial charge in [0.1, 0.15) is 0 Å². The fourth-order valence-electron chi connectivity index (χ4n) is 3.35. The lowest BCUT2D eigenvalue weighted by molar-refractivity contribution is 0.147. The average molecular weight is 275 g/mol. The molecule has 0 amide bonds. The quantitative estimate of drug-likeness (QED) is 0.873. The Morgan fingerprint density at radius 1 is 1.10 bits per heavy atom. The Morgan fingerprint density at radius 3 is 2.20 bits per heavy atom. The predicted molar refractivity (Wildman–Crippen MR) is 84.6 cm³/mol. The summed E-state index contributed by atoms with van der Waals surface area (Å²) >= 11 is 0. The summed E-state index contributed by atoms with van der Waals surface area (Å²) < 4.78 is 0. The lowest BCUT2D eigenvalue weighted by atomic mass is 9.71. The van der Waals surface area contributed by atoms with E-state index in [0.717, 1.165) is 5.92 Å². The Bertz CT molecular complexity index is 388. The summed E-state index contributed by atoms with van der Waals surface area (Å²) in [6.07, 6.45) is 5.05. The molecule has 112 valence electrons. The van der Waals surface area contributed by atoms with E-state index in [1.807, 2.05) is 18.2 Å². The minimum Gasteiger partial charge on any atom is -0.394 e. The Kier molecular flexibility index (Phi) is 5.22. The molecule has 1 aliphatic rings. The zero-order valence-corrected chi connectivity index (χ0v) is 13.1. The third-order valence-electron chi connectivity index (χ3n) is 4.77. The van der Waals surface area contributed by atoms with Crippen LogP contribution < -0.4 is 5.32 Å². The van der Waals surface area contributed by atoms with Gasteiger partial charge in [0, 0.05) is 6.04 Å². The summed E-state index contributed by atoms with van der Waals surface area (Å²) in [5.41, 5.74) is 1.62. The highest BCUT2D eigenvalue weighted by molar-refractivity contribution is 5.19. The molecule has 0 bridgehead atoms. The average Bonchev–Trinajstić information content (AvgIpc) is 2.45. The highest BCUT2D eigenvalue weighted by Crippen LogP contribution is 2.38. The van der Waals surface area contributed by atoms with E-state index in [9.17, 15) is 5.11 Å². The van der Waals surface area contributed by atoms with Crippen LogP contribution in [0.15, 0.2) is 30.3 Å². The van der Waals surface area contributed by atoms with Gasteiger partial charge in [-0.3, -0.25) is 0 Å². The molecule has 1 aliphatic carbocycles. The molecule has 2 heteroatoms. The molecule has 0 aromatic heterocycles. The summed E-state index contributed by atoms with van der Waals surface area (Å²) in [6, 6.07) is 10.9. The molecule has 2 N–H and O–H groups in total. The zero-order chi connectivity index (χ0) is 14.6. The number of nitrogens with one attached hydrogen (secondary N) is 1. The van der Waals surface area contributed by atoms with Gasteiger partial charge in [0.15, 0.2) is 0 Å². The molecule has 0 saturated heterocycles. The number of hydrogen-bond donors (Lipinski definition) is 2. The standard InChI is InChI=1S/C18H29NO/c1-18(2,3)15-9-11-16(12-10-15)19-17(13-20)14-7-5-4-6-8-14/h4-8,15-17,19-20H,9-13H2,1-3H3. The van der Waals surface area contributed by atoms with E-state index < -0.39 is 0 Å². The Morgan fingerprint density at radius 2 is 1.70 bits per heavy atom. The number of aliphatic hydroxyl groups is 1. The normalized spacial score (nSPS) is 25.4. The summed E-state index contributed by atoms with van der Waals surface area (Å²) in [5.74, 6) is 0.838. The lowest BCUT2D eigenvalue weighted by Gasteiger charge is -2.38. The smallest absolute Gasteiger partial charge is 0.0626 e. The van der Waals surface area contributed by atoms with Crippen LogP contribution in [0.5, 0.6) is 0 Å². The Balaban J connectivity index is 1.88. The van der Waals surface area contributed by atoms with Gasteiger partial charge in [-0.25, -0.2) is 0 Å². The Hall–Kier alpha value is -0.860. The van der Waals surface area contributed by atoms with Crippen LogP contribution in [0.1, 0.15) is 58.1 Å².